The molecule has 0 spiro atoms. The van der Waals surface area contributed by atoms with Crippen LogP contribution in [0.2, 0.25) is 5.02 Å². The van der Waals surface area contributed by atoms with Crippen LogP contribution in [-0.2, 0) is 6.61 Å². The lowest BCUT2D eigenvalue weighted by Gasteiger charge is -2.31. The summed E-state index contributed by atoms with van der Waals surface area (Å²) in [5.74, 6) is -0.496. The van der Waals surface area contributed by atoms with Crippen molar-refractivity contribution in [3.05, 3.63) is 107 Å². The molecule has 7 nitrogen and oxygen atoms in total. The van der Waals surface area contributed by atoms with Gasteiger partial charge in [0.15, 0.2) is 11.0 Å². The number of benzene rings is 3. The largest absolute Gasteiger partial charge is 0.484 e. The third kappa shape index (κ3) is 4.78. The quantitative estimate of drug-likeness (QED) is 0.397. The zero-order chi connectivity index (χ0) is 24.4. The van der Waals surface area contributed by atoms with Gasteiger partial charge in [-0.05, 0) is 42.0 Å². The number of rotatable bonds is 6. The number of aromatic nitrogens is 3. The smallest absolute Gasteiger partial charge is 0.258 e. The van der Waals surface area contributed by atoms with Gasteiger partial charge in [-0.15, -0.1) is 10.2 Å². The van der Waals surface area contributed by atoms with Gasteiger partial charge in [-0.2, -0.15) is 0 Å². The second-order valence-corrected chi connectivity index (χ2v) is 9.21. The average Bonchev–Trinajstić information content (AvgIpc) is 3.29. The number of thioether (sulfide) groups is 1. The maximum atomic E-state index is 13.7. The van der Waals surface area contributed by atoms with E-state index in [9.17, 15) is 14.0 Å². The molecule has 2 unspecified atom stereocenters. The summed E-state index contributed by atoms with van der Waals surface area (Å²) in [5, 5.41) is 11.4. The third-order valence-electron chi connectivity index (χ3n) is 5.44. The zero-order valence-electron chi connectivity index (χ0n) is 18.1. The molecule has 4 aromatic rings. The maximum Gasteiger partial charge on any atom is 0.258 e. The highest BCUT2D eigenvalue weighted by Gasteiger charge is 2.41. The van der Waals surface area contributed by atoms with Crippen molar-refractivity contribution in [3.8, 4) is 5.75 Å². The lowest BCUT2D eigenvalue weighted by molar-refractivity contribution is 0.0781. The Bertz CT molecular complexity index is 1380. The van der Waals surface area contributed by atoms with Crippen LogP contribution in [0.3, 0.4) is 0 Å². The molecule has 0 fully saturated rings. The maximum absolute atomic E-state index is 13.7. The van der Waals surface area contributed by atoms with Gasteiger partial charge >= 0.3 is 0 Å². The Labute approximate surface area is 209 Å². The third-order valence-corrected chi connectivity index (χ3v) is 7.02. The van der Waals surface area contributed by atoms with Crippen molar-refractivity contribution in [3.63, 3.8) is 0 Å². The van der Waals surface area contributed by atoms with Gasteiger partial charge < -0.3 is 10.1 Å². The van der Waals surface area contributed by atoms with Crippen molar-refractivity contribution in [1.82, 2.24) is 20.1 Å². The molecule has 0 aliphatic carbocycles. The number of nitrogens with one attached hydrogen (secondary N) is 1. The van der Waals surface area contributed by atoms with Gasteiger partial charge in [0, 0.05) is 5.56 Å². The fourth-order valence-corrected chi connectivity index (χ4v) is 5.13. The number of carbonyl (C=O) groups excluding carboxylic acids is 2. The van der Waals surface area contributed by atoms with Crippen molar-refractivity contribution in [1.29, 1.82) is 0 Å². The summed E-state index contributed by atoms with van der Waals surface area (Å²) in [5.41, 5.74) is 1.09. The summed E-state index contributed by atoms with van der Waals surface area (Å²) < 4.78 is 20.7. The Balaban J connectivity index is 1.47. The molecular weight excluding hydrogens is 491 g/mol. The van der Waals surface area contributed by atoms with E-state index in [1.54, 1.807) is 66.7 Å². The molecule has 10 heteroatoms. The number of ether oxygens (including phenoxy) is 1. The molecule has 1 amide bonds. The van der Waals surface area contributed by atoms with Crippen LogP contribution in [0.4, 0.5) is 4.39 Å². The summed E-state index contributed by atoms with van der Waals surface area (Å²) in [6.45, 7) is -0.0520. The normalized spacial score (nSPS) is 17.0. The fourth-order valence-electron chi connectivity index (χ4n) is 3.71. The first kappa shape index (κ1) is 23.1. The summed E-state index contributed by atoms with van der Waals surface area (Å²) >= 11 is 7.42. The van der Waals surface area contributed by atoms with Crippen LogP contribution in [0.1, 0.15) is 31.8 Å². The summed E-state index contributed by atoms with van der Waals surface area (Å²) in [7, 11) is 0. The monoisotopic (exact) mass is 508 g/mol. The molecule has 1 aliphatic rings. The molecule has 0 saturated heterocycles. The van der Waals surface area contributed by atoms with E-state index in [4.69, 9.17) is 16.3 Å². The molecule has 176 valence electrons. The summed E-state index contributed by atoms with van der Waals surface area (Å²) in [6.07, 6.45) is 0. The Morgan fingerprint density at radius 1 is 1.03 bits per heavy atom. The van der Waals surface area contributed by atoms with Crippen LogP contribution in [0.15, 0.2) is 84.0 Å². The number of carbonyl (C=O) groups is 2. The van der Waals surface area contributed by atoms with Crippen LogP contribution in [0.25, 0.3) is 0 Å². The number of fused-ring (bicyclic) bond motifs is 1. The minimum absolute atomic E-state index is 0.0520. The Morgan fingerprint density at radius 3 is 2.49 bits per heavy atom. The van der Waals surface area contributed by atoms with E-state index in [1.807, 2.05) is 0 Å². The van der Waals surface area contributed by atoms with E-state index in [1.165, 1.54) is 28.5 Å². The molecule has 1 aliphatic heterocycles. The van der Waals surface area contributed by atoms with Crippen LogP contribution >= 0.6 is 23.4 Å². The van der Waals surface area contributed by atoms with Gasteiger partial charge in [0.25, 0.3) is 11.8 Å². The van der Waals surface area contributed by atoms with Gasteiger partial charge in [-0.3, -0.25) is 9.59 Å². The van der Waals surface area contributed by atoms with E-state index >= 15 is 0 Å². The lowest BCUT2D eigenvalue weighted by atomic mass is 10.0. The van der Waals surface area contributed by atoms with Crippen LogP contribution in [0, 0.1) is 5.82 Å². The van der Waals surface area contributed by atoms with E-state index < -0.39 is 28.9 Å². The standard InChI is InChI=1S/C25H18ClFN4O3S/c26-18-8-4-5-9-19(18)34-14-20-29-30-25-31(20)24(33)21(28-23(32)16-6-2-1-3-7-16)22(35-25)15-10-12-17(27)13-11-15/h1-13,21-22H,14H2,(H,28,32). The summed E-state index contributed by atoms with van der Waals surface area (Å²) in [6, 6.07) is 20.4. The second-order valence-electron chi connectivity index (χ2n) is 7.70. The van der Waals surface area contributed by atoms with Gasteiger partial charge in [-0.1, -0.05) is 65.8 Å². The van der Waals surface area contributed by atoms with Crippen LogP contribution < -0.4 is 10.1 Å². The van der Waals surface area contributed by atoms with Gasteiger partial charge in [0.2, 0.25) is 0 Å². The van der Waals surface area contributed by atoms with Crippen molar-refractivity contribution < 1.29 is 18.7 Å². The molecule has 0 saturated carbocycles. The number of hydrogen-bond acceptors (Lipinski definition) is 6. The van der Waals surface area contributed by atoms with Crippen molar-refractivity contribution in [2.75, 3.05) is 0 Å². The molecule has 0 bridgehead atoms. The molecule has 2 heterocycles. The predicted molar refractivity (Wildman–Crippen MR) is 129 cm³/mol. The number of amides is 1. The average molecular weight is 509 g/mol. The first-order valence-electron chi connectivity index (χ1n) is 10.6. The molecule has 1 aromatic heterocycles. The Hall–Kier alpha value is -3.69. The summed E-state index contributed by atoms with van der Waals surface area (Å²) in [4.78, 5) is 26.7. The number of nitrogens with zero attached hydrogens (tertiary/aromatic N) is 3. The van der Waals surface area contributed by atoms with Crippen LogP contribution in [-0.4, -0.2) is 32.6 Å². The minimum Gasteiger partial charge on any atom is -0.484 e. The first-order chi connectivity index (χ1) is 17.0. The number of para-hydroxylation sites is 1. The van der Waals surface area contributed by atoms with Gasteiger partial charge in [0.05, 0.1) is 10.3 Å². The molecular formula is C25H18ClFN4O3S. The Morgan fingerprint density at radius 2 is 1.74 bits per heavy atom. The van der Waals surface area contributed by atoms with Crippen molar-refractivity contribution in [2.45, 2.75) is 23.1 Å². The highest BCUT2D eigenvalue weighted by molar-refractivity contribution is 7.99. The van der Waals surface area contributed by atoms with Gasteiger partial charge in [-0.25, -0.2) is 8.96 Å². The Kier molecular flexibility index (Phi) is 6.52. The highest BCUT2D eigenvalue weighted by Crippen LogP contribution is 2.42. The second kappa shape index (κ2) is 9.89. The topological polar surface area (TPSA) is 86.1 Å². The van der Waals surface area contributed by atoms with E-state index in [0.717, 1.165) is 0 Å². The molecule has 5 rings (SSSR count). The first-order valence-corrected chi connectivity index (χ1v) is 11.9. The van der Waals surface area contributed by atoms with Crippen molar-refractivity contribution >= 4 is 35.2 Å². The zero-order valence-corrected chi connectivity index (χ0v) is 19.7. The fraction of sp³-hybridized carbons (Fsp3) is 0.120. The molecule has 1 N–H and O–H groups in total. The number of halogens is 2. The minimum atomic E-state index is -0.958. The molecule has 2 atom stereocenters. The molecule has 0 radical (unpaired) electrons. The molecule has 35 heavy (non-hydrogen) atoms. The van der Waals surface area contributed by atoms with E-state index in [-0.39, 0.29) is 12.4 Å². The van der Waals surface area contributed by atoms with E-state index in [2.05, 4.69) is 15.5 Å². The number of hydrogen-bond donors (Lipinski definition) is 1. The highest BCUT2D eigenvalue weighted by atomic mass is 35.5. The SMILES string of the molecule is O=C(NC1C(=O)n2c(COc3ccccc3Cl)nnc2SC1c1ccc(F)cc1)c1ccccc1. The lowest BCUT2D eigenvalue weighted by Crippen LogP contribution is -2.49. The van der Waals surface area contributed by atoms with Gasteiger partial charge in [0.1, 0.15) is 24.2 Å². The van der Waals surface area contributed by atoms with E-state index in [0.29, 0.717) is 27.1 Å². The predicted octanol–water partition coefficient (Wildman–Crippen LogP) is 4.94. The molecule has 3 aromatic carbocycles. The van der Waals surface area contributed by atoms with Crippen LogP contribution in [0.5, 0.6) is 5.75 Å². The van der Waals surface area contributed by atoms with Crippen molar-refractivity contribution in [2.24, 2.45) is 0 Å².